The number of hydrogen-bond donors (Lipinski definition) is 1. The predicted octanol–water partition coefficient (Wildman–Crippen LogP) is 3.62. The standard InChI is InChI=1S/C24H30N4O4S/c1-6-13-32-24(29)22(14-16(2)3)28(5)33(30,31)19-9-7-18(8-10-19)15-21-23-20(11-12-25-21)26-17(4)27-23/h6-12,16,22H,1,13-15H2,2-5H3,(H,26,27)/t22-/m0/s1. The van der Waals surface area contributed by atoms with Crippen LogP contribution in [-0.4, -0.2) is 53.3 Å². The van der Waals surface area contributed by atoms with Crippen molar-refractivity contribution in [2.24, 2.45) is 5.92 Å². The first-order chi connectivity index (χ1) is 15.6. The molecule has 0 radical (unpaired) electrons. The van der Waals surface area contributed by atoms with Gasteiger partial charge in [-0.25, -0.2) is 13.4 Å². The van der Waals surface area contributed by atoms with E-state index >= 15 is 0 Å². The first-order valence-corrected chi connectivity index (χ1v) is 12.2. The van der Waals surface area contributed by atoms with Crippen LogP contribution in [0.15, 0.2) is 54.1 Å². The van der Waals surface area contributed by atoms with Gasteiger partial charge in [-0.2, -0.15) is 4.31 Å². The van der Waals surface area contributed by atoms with Crippen molar-refractivity contribution in [1.29, 1.82) is 0 Å². The topological polar surface area (TPSA) is 105 Å². The maximum absolute atomic E-state index is 13.3. The van der Waals surface area contributed by atoms with E-state index in [1.807, 2.05) is 26.8 Å². The molecule has 33 heavy (non-hydrogen) atoms. The lowest BCUT2D eigenvalue weighted by atomic mass is 10.0. The molecule has 8 nitrogen and oxygen atoms in total. The van der Waals surface area contributed by atoms with Crippen molar-refractivity contribution >= 4 is 27.0 Å². The molecule has 2 aromatic heterocycles. The normalized spacial score (nSPS) is 12.9. The van der Waals surface area contributed by atoms with Crippen LogP contribution < -0.4 is 0 Å². The minimum Gasteiger partial charge on any atom is -0.460 e. The summed E-state index contributed by atoms with van der Waals surface area (Å²) in [5.41, 5.74) is 3.44. The van der Waals surface area contributed by atoms with E-state index in [2.05, 4.69) is 21.5 Å². The Bertz CT molecular complexity index is 1230. The van der Waals surface area contributed by atoms with Crippen molar-refractivity contribution in [3.63, 3.8) is 0 Å². The molecular weight excluding hydrogens is 440 g/mol. The number of benzene rings is 1. The number of nitrogens with zero attached hydrogens (tertiary/aromatic N) is 3. The van der Waals surface area contributed by atoms with E-state index in [4.69, 9.17) is 4.74 Å². The van der Waals surface area contributed by atoms with Crippen molar-refractivity contribution < 1.29 is 17.9 Å². The fraction of sp³-hybridized carbons (Fsp3) is 0.375. The molecule has 2 heterocycles. The smallest absolute Gasteiger partial charge is 0.324 e. The van der Waals surface area contributed by atoms with Crippen LogP contribution in [0.2, 0.25) is 0 Å². The molecule has 0 aliphatic heterocycles. The number of H-pyrrole nitrogens is 1. The third kappa shape index (κ3) is 5.66. The van der Waals surface area contributed by atoms with Crippen LogP contribution in [0.4, 0.5) is 0 Å². The number of carbonyl (C=O) groups is 1. The average Bonchev–Trinajstić information content (AvgIpc) is 3.17. The number of aromatic amines is 1. The number of ether oxygens (including phenoxy) is 1. The molecule has 0 unspecified atom stereocenters. The molecule has 1 aromatic carbocycles. The lowest BCUT2D eigenvalue weighted by Gasteiger charge is -2.27. The van der Waals surface area contributed by atoms with E-state index in [0.29, 0.717) is 12.8 Å². The highest BCUT2D eigenvalue weighted by Crippen LogP contribution is 2.23. The van der Waals surface area contributed by atoms with E-state index in [1.54, 1.807) is 30.5 Å². The Hall–Kier alpha value is -3.04. The van der Waals surface area contributed by atoms with E-state index in [9.17, 15) is 13.2 Å². The summed E-state index contributed by atoms with van der Waals surface area (Å²) >= 11 is 0. The molecule has 0 fully saturated rings. The number of esters is 1. The van der Waals surface area contributed by atoms with Crippen molar-refractivity contribution in [2.45, 2.75) is 44.6 Å². The van der Waals surface area contributed by atoms with E-state index in [0.717, 1.165) is 32.4 Å². The molecule has 176 valence electrons. The number of sulfonamides is 1. The molecular formula is C24H30N4O4S. The predicted molar refractivity (Wildman–Crippen MR) is 127 cm³/mol. The number of rotatable bonds is 10. The Kier molecular flexibility index (Phi) is 7.65. The minimum absolute atomic E-state index is 0.0341. The number of nitrogens with one attached hydrogen (secondary N) is 1. The van der Waals surface area contributed by atoms with Gasteiger partial charge in [0.2, 0.25) is 10.0 Å². The number of pyridine rings is 1. The van der Waals surface area contributed by atoms with Gasteiger partial charge in [-0.05, 0) is 43.0 Å². The van der Waals surface area contributed by atoms with Gasteiger partial charge in [0.25, 0.3) is 0 Å². The van der Waals surface area contributed by atoms with Gasteiger partial charge in [0, 0.05) is 19.7 Å². The summed E-state index contributed by atoms with van der Waals surface area (Å²) in [6.07, 6.45) is 4.05. The Morgan fingerprint density at radius 1 is 1.24 bits per heavy atom. The zero-order valence-corrected chi connectivity index (χ0v) is 20.2. The molecule has 0 amide bonds. The highest BCUT2D eigenvalue weighted by molar-refractivity contribution is 7.89. The van der Waals surface area contributed by atoms with Crippen LogP contribution in [-0.2, 0) is 26.0 Å². The summed E-state index contributed by atoms with van der Waals surface area (Å²) < 4.78 is 32.8. The quantitative estimate of drug-likeness (QED) is 0.358. The van der Waals surface area contributed by atoms with Gasteiger partial charge in [0.15, 0.2) is 0 Å². The molecule has 3 rings (SSSR count). The second-order valence-electron chi connectivity index (χ2n) is 8.38. The Balaban J connectivity index is 1.82. The number of hydrogen-bond acceptors (Lipinski definition) is 6. The van der Waals surface area contributed by atoms with Gasteiger partial charge in [-0.3, -0.25) is 9.78 Å². The zero-order chi connectivity index (χ0) is 24.2. The molecule has 3 aromatic rings. The van der Waals surface area contributed by atoms with Gasteiger partial charge in [0.05, 0.1) is 16.1 Å². The molecule has 0 spiro atoms. The first-order valence-electron chi connectivity index (χ1n) is 10.8. The van der Waals surface area contributed by atoms with Crippen molar-refractivity contribution in [2.75, 3.05) is 13.7 Å². The van der Waals surface area contributed by atoms with Crippen LogP contribution in [0.1, 0.15) is 37.4 Å². The molecule has 1 N–H and O–H groups in total. The fourth-order valence-corrected chi connectivity index (χ4v) is 4.95. The monoisotopic (exact) mass is 470 g/mol. The van der Waals surface area contributed by atoms with E-state index < -0.39 is 22.0 Å². The van der Waals surface area contributed by atoms with Crippen molar-refractivity contribution in [3.05, 3.63) is 66.3 Å². The third-order valence-electron chi connectivity index (χ3n) is 5.32. The highest BCUT2D eigenvalue weighted by Gasteiger charge is 2.34. The van der Waals surface area contributed by atoms with Crippen LogP contribution in [0, 0.1) is 12.8 Å². The number of aromatic nitrogens is 3. The van der Waals surface area contributed by atoms with E-state index in [-0.39, 0.29) is 17.4 Å². The van der Waals surface area contributed by atoms with Gasteiger partial charge >= 0.3 is 5.97 Å². The minimum atomic E-state index is -3.90. The summed E-state index contributed by atoms with van der Waals surface area (Å²) in [6.45, 7) is 9.31. The molecule has 0 aliphatic rings. The SMILES string of the molecule is C=CCOC(=O)[C@H](CC(C)C)N(C)S(=O)(=O)c1ccc(Cc2nccc3[nH]c(C)nc23)cc1. The van der Waals surface area contributed by atoms with Gasteiger partial charge < -0.3 is 9.72 Å². The van der Waals surface area contributed by atoms with Gasteiger partial charge in [-0.1, -0.05) is 38.6 Å². The molecule has 1 atom stereocenters. The molecule has 0 bridgehead atoms. The number of imidazole rings is 1. The Labute approximate surface area is 194 Å². The number of fused-ring (bicyclic) bond motifs is 1. The lowest BCUT2D eigenvalue weighted by Crippen LogP contribution is -2.44. The zero-order valence-electron chi connectivity index (χ0n) is 19.4. The third-order valence-corrected chi connectivity index (χ3v) is 7.20. The largest absolute Gasteiger partial charge is 0.460 e. The second kappa shape index (κ2) is 10.3. The lowest BCUT2D eigenvalue weighted by molar-refractivity contribution is -0.147. The van der Waals surface area contributed by atoms with Crippen molar-refractivity contribution in [3.8, 4) is 0 Å². The number of aryl methyl sites for hydroxylation is 1. The number of carbonyl (C=O) groups excluding carboxylic acids is 1. The molecule has 0 saturated heterocycles. The maximum atomic E-state index is 13.3. The van der Waals surface area contributed by atoms with Gasteiger partial charge in [-0.15, -0.1) is 0 Å². The van der Waals surface area contributed by atoms with Crippen LogP contribution in [0.5, 0.6) is 0 Å². The summed E-state index contributed by atoms with van der Waals surface area (Å²) in [5.74, 6) is 0.332. The fourth-order valence-electron chi connectivity index (χ4n) is 3.63. The summed E-state index contributed by atoms with van der Waals surface area (Å²) in [6, 6.07) is 7.58. The molecule has 9 heteroatoms. The highest BCUT2D eigenvalue weighted by atomic mass is 32.2. The average molecular weight is 471 g/mol. The van der Waals surface area contributed by atoms with Crippen LogP contribution in [0.3, 0.4) is 0 Å². The second-order valence-corrected chi connectivity index (χ2v) is 10.4. The Morgan fingerprint density at radius 2 is 1.94 bits per heavy atom. The summed E-state index contributed by atoms with van der Waals surface area (Å²) in [4.78, 5) is 24.8. The molecule has 0 aliphatic carbocycles. The van der Waals surface area contributed by atoms with Crippen LogP contribution >= 0.6 is 0 Å². The summed E-state index contributed by atoms with van der Waals surface area (Å²) in [5, 5.41) is 0. The summed E-state index contributed by atoms with van der Waals surface area (Å²) in [7, 11) is -2.49. The van der Waals surface area contributed by atoms with Gasteiger partial charge in [0.1, 0.15) is 24.0 Å². The van der Waals surface area contributed by atoms with Crippen molar-refractivity contribution in [1.82, 2.24) is 19.3 Å². The van der Waals surface area contributed by atoms with Crippen LogP contribution in [0.25, 0.3) is 11.0 Å². The number of likely N-dealkylation sites (N-methyl/N-ethyl adjacent to an activating group) is 1. The first kappa shape index (κ1) is 24.6. The maximum Gasteiger partial charge on any atom is 0.324 e. The van der Waals surface area contributed by atoms with E-state index in [1.165, 1.54) is 13.1 Å². The Morgan fingerprint density at radius 3 is 2.58 bits per heavy atom. The molecule has 0 saturated carbocycles.